The van der Waals surface area contributed by atoms with Gasteiger partial charge in [-0.1, -0.05) is 57.5 Å². The van der Waals surface area contributed by atoms with Crippen molar-refractivity contribution in [2.75, 3.05) is 0 Å². The van der Waals surface area contributed by atoms with E-state index in [9.17, 15) is 4.79 Å². The van der Waals surface area contributed by atoms with Gasteiger partial charge in [0.15, 0.2) is 0 Å². The number of imidazole rings is 1. The molecule has 25 heavy (non-hydrogen) atoms. The smallest absolute Gasteiger partial charge is 0.231 e. The van der Waals surface area contributed by atoms with E-state index in [2.05, 4.69) is 73.8 Å². The fourth-order valence-electron chi connectivity index (χ4n) is 3.84. The third-order valence-electron chi connectivity index (χ3n) is 5.46. The summed E-state index contributed by atoms with van der Waals surface area (Å²) in [6, 6.07) is 8.40. The summed E-state index contributed by atoms with van der Waals surface area (Å²) in [6.45, 7) is 12.2. The average Bonchev–Trinajstić information content (AvgIpc) is 2.89. The number of hydrogen-bond donors (Lipinski definition) is 1. The van der Waals surface area contributed by atoms with Gasteiger partial charge < -0.3 is 9.88 Å². The molecule has 1 aliphatic rings. The molecule has 1 heterocycles. The van der Waals surface area contributed by atoms with Gasteiger partial charge in [0.05, 0.1) is 24.0 Å². The fraction of sp³-hybridized carbons (Fsp3) is 0.524. The largest absolute Gasteiger partial charge is 0.350 e. The Morgan fingerprint density at radius 2 is 1.92 bits per heavy atom. The Kier molecular flexibility index (Phi) is 4.48. The molecular weight excluding hydrogens is 310 g/mol. The Labute approximate surface area is 150 Å². The zero-order valence-electron chi connectivity index (χ0n) is 16.0. The van der Waals surface area contributed by atoms with Crippen LogP contribution in [0.3, 0.4) is 0 Å². The highest BCUT2D eigenvalue weighted by Gasteiger charge is 2.66. The molecule has 3 rings (SSSR count). The molecule has 1 N–H and O–H groups in total. The summed E-state index contributed by atoms with van der Waals surface area (Å²) < 4.78 is 2.13. The van der Waals surface area contributed by atoms with Crippen LogP contribution in [0, 0.1) is 18.3 Å². The molecule has 0 aliphatic heterocycles. The number of benzene rings is 1. The first-order chi connectivity index (χ1) is 11.8. The second-order valence-corrected chi connectivity index (χ2v) is 8.45. The standard InChI is InChI=1S/C21H29N3O/c1-15(2)12-24-14-22-10-18(24)11-23-19(25)21(13-20(21,4)5)17-8-6-16(3)7-9-17/h6-10,14-15H,11-13H2,1-5H3,(H,23,25)/t21-/m1/s1. The minimum atomic E-state index is -0.413. The van der Waals surface area contributed by atoms with E-state index in [-0.39, 0.29) is 11.3 Å². The van der Waals surface area contributed by atoms with Crippen LogP contribution in [0.5, 0.6) is 0 Å². The number of aryl methyl sites for hydroxylation is 1. The summed E-state index contributed by atoms with van der Waals surface area (Å²) in [6.07, 6.45) is 4.58. The second-order valence-electron chi connectivity index (χ2n) is 8.45. The van der Waals surface area contributed by atoms with Gasteiger partial charge in [-0.05, 0) is 30.2 Å². The van der Waals surface area contributed by atoms with Crippen LogP contribution in [-0.2, 0) is 23.3 Å². The van der Waals surface area contributed by atoms with E-state index >= 15 is 0 Å². The lowest BCUT2D eigenvalue weighted by atomic mass is 9.86. The van der Waals surface area contributed by atoms with E-state index < -0.39 is 5.41 Å². The first-order valence-electron chi connectivity index (χ1n) is 9.11. The summed E-state index contributed by atoms with van der Waals surface area (Å²) in [7, 11) is 0. The highest BCUT2D eigenvalue weighted by Crippen LogP contribution is 2.64. The number of carbonyl (C=O) groups is 1. The molecule has 0 bridgehead atoms. The molecule has 1 fully saturated rings. The third-order valence-corrected chi connectivity index (χ3v) is 5.46. The number of aromatic nitrogens is 2. The fourth-order valence-corrected chi connectivity index (χ4v) is 3.84. The van der Waals surface area contributed by atoms with Crippen molar-refractivity contribution < 1.29 is 4.79 Å². The number of rotatable bonds is 6. The molecule has 2 aromatic rings. The Morgan fingerprint density at radius 1 is 1.28 bits per heavy atom. The van der Waals surface area contributed by atoms with Crippen molar-refractivity contribution in [1.29, 1.82) is 0 Å². The van der Waals surface area contributed by atoms with Gasteiger partial charge in [-0.25, -0.2) is 4.98 Å². The van der Waals surface area contributed by atoms with Gasteiger partial charge in [-0.2, -0.15) is 0 Å². The van der Waals surface area contributed by atoms with Crippen LogP contribution in [0.1, 0.15) is 50.9 Å². The molecule has 1 aromatic carbocycles. The molecule has 4 heteroatoms. The lowest BCUT2D eigenvalue weighted by molar-refractivity contribution is -0.124. The number of nitrogens with one attached hydrogen (secondary N) is 1. The van der Waals surface area contributed by atoms with Gasteiger partial charge in [0.25, 0.3) is 0 Å². The lowest BCUT2D eigenvalue weighted by Gasteiger charge is -2.21. The van der Waals surface area contributed by atoms with E-state index in [4.69, 9.17) is 0 Å². The van der Waals surface area contributed by atoms with Crippen LogP contribution < -0.4 is 5.32 Å². The van der Waals surface area contributed by atoms with Gasteiger partial charge in [0.2, 0.25) is 5.91 Å². The summed E-state index contributed by atoms with van der Waals surface area (Å²) in [5, 5.41) is 3.17. The maximum absolute atomic E-state index is 13.1. The molecule has 1 aliphatic carbocycles. The predicted octanol–water partition coefficient (Wildman–Crippen LogP) is 3.83. The molecule has 1 saturated carbocycles. The molecule has 1 atom stereocenters. The summed E-state index contributed by atoms with van der Waals surface area (Å²) in [5.41, 5.74) is 2.97. The highest BCUT2D eigenvalue weighted by atomic mass is 16.2. The third kappa shape index (κ3) is 3.22. The molecule has 1 amide bonds. The van der Waals surface area contributed by atoms with E-state index in [1.54, 1.807) is 0 Å². The summed E-state index contributed by atoms with van der Waals surface area (Å²) in [4.78, 5) is 17.4. The SMILES string of the molecule is Cc1ccc([C@@]2(C(=O)NCc3cncn3CC(C)C)CC2(C)C)cc1. The maximum atomic E-state index is 13.1. The lowest BCUT2D eigenvalue weighted by Crippen LogP contribution is -2.37. The number of amides is 1. The van der Waals surface area contributed by atoms with Crippen LogP contribution in [0.4, 0.5) is 0 Å². The summed E-state index contributed by atoms with van der Waals surface area (Å²) in [5.74, 6) is 0.670. The predicted molar refractivity (Wildman–Crippen MR) is 100 cm³/mol. The van der Waals surface area contributed by atoms with E-state index in [1.807, 2.05) is 12.5 Å². The van der Waals surface area contributed by atoms with Crippen molar-refractivity contribution >= 4 is 5.91 Å². The Morgan fingerprint density at radius 3 is 2.48 bits per heavy atom. The Bertz CT molecular complexity index is 758. The molecule has 0 saturated heterocycles. The van der Waals surface area contributed by atoms with Gasteiger partial charge in [0.1, 0.15) is 0 Å². The van der Waals surface area contributed by atoms with Gasteiger partial charge in [-0.3, -0.25) is 4.79 Å². The van der Waals surface area contributed by atoms with Crippen LogP contribution in [0.25, 0.3) is 0 Å². The minimum Gasteiger partial charge on any atom is -0.350 e. The highest BCUT2D eigenvalue weighted by molar-refractivity contribution is 5.93. The molecule has 4 nitrogen and oxygen atoms in total. The Hall–Kier alpha value is -2.10. The zero-order valence-corrected chi connectivity index (χ0v) is 16.0. The molecule has 1 aromatic heterocycles. The molecule has 0 spiro atoms. The van der Waals surface area contributed by atoms with Crippen LogP contribution in [0.2, 0.25) is 0 Å². The first kappa shape index (κ1) is 17.7. The average molecular weight is 339 g/mol. The summed E-state index contributed by atoms with van der Waals surface area (Å²) >= 11 is 0. The van der Waals surface area contributed by atoms with Crippen molar-refractivity contribution in [3.8, 4) is 0 Å². The number of hydrogen-bond acceptors (Lipinski definition) is 2. The van der Waals surface area contributed by atoms with Crippen molar-refractivity contribution in [2.24, 2.45) is 11.3 Å². The molecular formula is C21H29N3O. The quantitative estimate of drug-likeness (QED) is 0.869. The van der Waals surface area contributed by atoms with Crippen molar-refractivity contribution in [3.63, 3.8) is 0 Å². The van der Waals surface area contributed by atoms with E-state index in [0.717, 1.165) is 24.2 Å². The maximum Gasteiger partial charge on any atom is 0.231 e. The van der Waals surface area contributed by atoms with Gasteiger partial charge >= 0.3 is 0 Å². The number of carbonyl (C=O) groups excluding carboxylic acids is 1. The second kappa shape index (κ2) is 6.32. The number of nitrogens with zero attached hydrogens (tertiary/aromatic N) is 2. The molecule has 0 radical (unpaired) electrons. The first-order valence-corrected chi connectivity index (χ1v) is 9.11. The van der Waals surface area contributed by atoms with E-state index in [1.165, 1.54) is 5.56 Å². The van der Waals surface area contributed by atoms with Gasteiger partial charge in [-0.15, -0.1) is 0 Å². The minimum absolute atomic E-state index is 0.00941. The van der Waals surface area contributed by atoms with Crippen LogP contribution in [0.15, 0.2) is 36.8 Å². The van der Waals surface area contributed by atoms with Crippen molar-refractivity contribution in [2.45, 2.75) is 59.5 Å². The van der Waals surface area contributed by atoms with Crippen LogP contribution in [-0.4, -0.2) is 15.5 Å². The molecule has 0 unspecified atom stereocenters. The van der Waals surface area contributed by atoms with Crippen molar-refractivity contribution in [1.82, 2.24) is 14.9 Å². The van der Waals surface area contributed by atoms with E-state index in [0.29, 0.717) is 12.5 Å². The topological polar surface area (TPSA) is 46.9 Å². The Balaban J connectivity index is 1.75. The monoisotopic (exact) mass is 339 g/mol. The molecule has 134 valence electrons. The normalized spacial score (nSPS) is 21.4. The van der Waals surface area contributed by atoms with Crippen molar-refractivity contribution in [3.05, 3.63) is 53.6 Å². The zero-order chi connectivity index (χ0) is 18.2. The van der Waals surface area contributed by atoms with Gasteiger partial charge in [0, 0.05) is 12.7 Å². The van der Waals surface area contributed by atoms with Crippen LogP contribution >= 0.6 is 0 Å².